The molecule has 0 amide bonds. The first-order valence-electron chi connectivity index (χ1n) is 10.5. The molecule has 3 heterocycles. The van der Waals surface area contributed by atoms with Crippen LogP contribution >= 0.6 is 0 Å². The molecule has 2 aliphatic heterocycles. The zero-order valence-electron chi connectivity index (χ0n) is 18.2. The number of hydrogen-bond donors (Lipinski definition) is 0. The van der Waals surface area contributed by atoms with Gasteiger partial charge >= 0.3 is 5.97 Å². The van der Waals surface area contributed by atoms with Crippen LogP contribution in [0.1, 0.15) is 46.8 Å². The molecule has 0 saturated carbocycles. The van der Waals surface area contributed by atoms with Crippen LogP contribution in [0.5, 0.6) is 5.75 Å². The summed E-state index contributed by atoms with van der Waals surface area (Å²) in [7, 11) is 1.41. The molecule has 158 valence electrons. The summed E-state index contributed by atoms with van der Waals surface area (Å²) in [6.07, 6.45) is 2.03. The second-order valence-corrected chi connectivity index (χ2v) is 8.01. The zero-order chi connectivity index (χ0) is 21.8. The number of carbonyl (C=O) groups excluding carboxylic acids is 1. The number of carbonyl (C=O) groups is 1. The van der Waals surface area contributed by atoms with Crippen LogP contribution < -0.4 is 4.74 Å². The third-order valence-electron chi connectivity index (χ3n) is 5.52. The van der Waals surface area contributed by atoms with Crippen molar-refractivity contribution in [1.29, 1.82) is 0 Å². The first-order chi connectivity index (χ1) is 15.0. The second kappa shape index (κ2) is 9.09. The number of aromatic nitrogens is 1. The van der Waals surface area contributed by atoms with E-state index in [1.165, 1.54) is 23.8 Å². The van der Waals surface area contributed by atoms with Crippen LogP contribution in [-0.4, -0.2) is 17.6 Å². The lowest BCUT2D eigenvalue weighted by atomic mass is 10.0. The van der Waals surface area contributed by atoms with E-state index in [4.69, 9.17) is 9.47 Å². The molecular weight excluding hydrogens is 386 g/mol. The Morgan fingerprint density at radius 1 is 1.03 bits per heavy atom. The van der Waals surface area contributed by atoms with Crippen LogP contribution in [0.15, 0.2) is 79.0 Å². The fourth-order valence-electron chi connectivity index (χ4n) is 3.75. The van der Waals surface area contributed by atoms with Gasteiger partial charge in [-0.1, -0.05) is 56.3 Å². The van der Waals surface area contributed by atoms with Crippen LogP contribution in [0.2, 0.25) is 0 Å². The molecule has 0 saturated heterocycles. The number of hydrogen-bond acceptors (Lipinski definition) is 3. The Hall–Kier alpha value is -3.53. The first kappa shape index (κ1) is 20.7. The molecule has 4 aromatic rings. The Kier molecular flexibility index (Phi) is 6.08. The third-order valence-corrected chi connectivity index (χ3v) is 5.52. The molecule has 6 rings (SSSR count). The summed E-state index contributed by atoms with van der Waals surface area (Å²) >= 11 is 0. The Labute approximate surface area is 183 Å². The maximum atomic E-state index is 11.9. The molecule has 0 atom stereocenters. The van der Waals surface area contributed by atoms with Gasteiger partial charge in [0.25, 0.3) is 0 Å². The van der Waals surface area contributed by atoms with Gasteiger partial charge in [-0.25, -0.2) is 4.79 Å². The van der Waals surface area contributed by atoms with Gasteiger partial charge in [0.2, 0.25) is 0 Å². The summed E-state index contributed by atoms with van der Waals surface area (Å²) < 4.78 is 12.2. The van der Waals surface area contributed by atoms with Crippen molar-refractivity contribution in [3.63, 3.8) is 0 Å². The summed E-state index contributed by atoms with van der Waals surface area (Å²) in [4.78, 5) is 11.9. The molecule has 0 spiro atoms. The molecule has 0 aliphatic carbocycles. The summed E-state index contributed by atoms with van der Waals surface area (Å²) in [6.45, 7) is 5.95. The fraction of sp³-hybridized carbons (Fsp3) is 0.222. The second-order valence-electron chi connectivity index (χ2n) is 8.01. The highest BCUT2D eigenvalue weighted by Crippen LogP contribution is 2.23. The lowest BCUT2D eigenvalue weighted by Crippen LogP contribution is -2.02. The molecule has 2 aliphatic rings. The van der Waals surface area contributed by atoms with E-state index in [-0.39, 0.29) is 5.97 Å². The van der Waals surface area contributed by atoms with Crippen LogP contribution in [0, 0.1) is 0 Å². The Morgan fingerprint density at radius 3 is 2.39 bits per heavy atom. The first-order valence-corrected chi connectivity index (χ1v) is 10.5. The van der Waals surface area contributed by atoms with Crippen molar-refractivity contribution in [2.45, 2.75) is 32.9 Å². The fourth-order valence-corrected chi connectivity index (χ4v) is 3.75. The Morgan fingerprint density at radius 2 is 1.81 bits per heavy atom. The zero-order valence-corrected chi connectivity index (χ0v) is 18.2. The number of nitrogens with zero attached hydrogens (tertiary/aromatic N) is 1. The van der Waals surface area contributed by atoms with E-state index in [1.807, 2.05) is 36.5 Å². The normalized spacial score (nSPS) is 11.7. The number of ether oxygens (including phenoxy) is 2. The van der Waals surface area contributed by atoms with Gasteiger partial charge in [0.1, 0.15) is 12.4 Å². The van der Waals surface area contributed by atoms with Gasteiger partial charge in [-0.15, -0.1) is 0 Å². The smallest absolute Gasteiger partial charge is 0.338 e. The molecule has 0 fully saturated rings. The van der Waals surface area contributed by atoms with Crippen molar-refractivity contribution in [1.82, 2.24) is 4.57 Å². The van der Waals surface area contributed by atoms with Gasteiger partial charge in [-0.3, -0.25) is 0 Å². The monoisotopic (exact) mass is 413 g/mol. The minimum atomic E-state index is -0.296. The maximum Gasteiger partial charge on any atom is 0.338 e. The predicted molar refractivity (Wildman–Crippen MR) is 124 cm³/mol. The van der Waals surface area contributed by atoms with Gasteiger partial charge in [-0.2, -0.15) is 0 Å². The molecule has 4 nitrogen and oxygen atoms in total. The summed E-state index contributed by atoms with van der Waals surface area (Å²) in [6, 6.07) is 24.5. The highest BCUT2D eigenvalue weighted by atomic mass is 16.5. The molecule has 0 N–H and O–H groups in total. The lowest BCUT2D eigenvalue weighted by molar-refractivity contribution is 0.0603. The predicted octanol–water partition coefficient (Wildman–Crippen LogP) is 6.18. The number of fused-ring (bicyclic) bond motifs is 4. The maximum absolute atomic E-state index is 11.9. The summed E-state index contributed by atoms with van der Waals surface area (Å²) in [5.41, 5.74) is 5.52. The van der Waals surface area contributed by atoms with Gasteiger partial charge in [0, 0.05) is 23.6 Å². The van der Waals surface area contributed by atoms with Gasteiger partial charge in [0.05, 0.1) is 12.7 Å². The van der Waals surface area contributed by atoms with Crippen molar-refractivity contribution in [2.24, 2.45) is 0 Å². The number of esters is 1. The van der Waals surface area contributed by atoms with Crippen LogP contribution in [0.3, 0.4) is 0 Å². The largest absolute Gasteiger partial charge is 0.489 e. The summed E-state index contributed by atoms with van der Waals surface area (Å²) in [5.74, 6) is 1.21. The molecule has 0 radical (unpaired) electrons. The third kappa shape index (κ3) is 4.64. The van der Waals surface area contributed by atoms with Crippen LogP contribution in [0.4, 0.5) is 0 Å². The van der Waals surface area contributed by atoms with E-state index < -0.39 is 0 Å². The quantitative estimate of drug-likeness (QED) is 0.375. The standard InChI is InChI=1S/C20H21NO2.C7H6O/c1-14(2)16-7-4-6-15(12-16)13-21-11-10-17-18(20(22)23-3)8-5-9-19(17)21;1-3-7-4-2-6(1)5-8-7/h4-12,14H,13H2,1-3H3;1-4H,5H2. The van der Waals surface area contributed by atoms with Gasteiger partial charge in [-0.05, 0) is 52.9 Å². The van der Waals surface area contributed by atoms with Gasteiger partial charge in [0.15, 0.2) is 0 Å². The van der Waals surface area contributed by atoms with E-state index >= 15 is 0 Å². The van der Waals surface area contributed by atoms with Crippen LogP contribution in [-0.2, 0) is 17.9 Å². The number of methoxy groups -OCH3 is 1. The highest BCUT2D eigenvalue weighted by Gasteiger charge is 2.12. The van der Waals surface area contributed by atoms with Gasteiger partial charge < -0.3 is 14.0 Å². The van der Waals surface area contributed by atoms with Crippen molar-refractivity contribution in [3.05, 3.63) is 101 Å². The lowest BCUT2D eigenvalue weighted by Gasteiger charge is -2.11. The Balaban J connectivity index is 0.000000239. The van der Waals surface area contributed by atoms with Crippen molar-refractivity contribution in [3.8, 4) is 5.75 Å². The van der Waals surface area contributed by atoms with E-state index in [0.717, 1.165) is 29.8 Å². The molecule has 4 heteroatoms. The molecule has 3 aromatic carbocycles. The van der Waals surface area contributed by atoms with Crippen molar-refractivity contribution in [2.75, 3.05) is 7.11 Å². The Bertz CT molecular complexity index is 1170. The number of benzene rings is 3. The minimum absolute atomic E-state index is 0.296. The highest BCUT2D eigenvalue weighted by molar-refractivity contribution is 6.03. The van der Waals surface area contributed by atoms with E-state index in [2.05, 4.69) is 54.8 Å². The van der Waals surface area contributed by atoms with Crippen molar-refractivity contribution < 1.29 is 14.3 Å². The topological polar surface area (TPSA) is 40.5 Å². The molecule has 0 unspecified atom stereocenters. The average Bonchev–Trinajstić information content (AvgIpc) is 3.23. The summed E-state index contributed by atoms with van der Waals surface area (Å²) in [5, 5.41) is 0.930. The van der Waals surface area contributed by atoms with E-state index in [1.54, 1.807) is 6.07 Å². The van der Waals surface area contributed by atoms with E-state index in [9.17, 15) is 4.79 Å². The SMILES string of the molecule is COC(=O)c1cccc2c1ccn2Cc1cccc(C(C)C)c1.c1cc2ccc1CO2. The van der Waals surface area contributed by atoms with Crippen LogP contribution in [0.25, 0.3) is 10.9 Å². The minimum Gasteiger partial charge on any atom is -0.489 e. The molecule has 2 bridgehead atoms. The van der Waals surface area contributed by atoms with E-state index in [0.29, 0.717) is 11.5 Å². The average molecular weight is 414 g/mol. The number of rotatable bonds is 4. The molecule has 31 heavy (non-hydrogen) atoms. The molecule has 1 aromatic heterocycles. The van der Waals surface area contributed by atoms with Crippen molar-refractivity contribution >= 4 is 16.9 Å². The molecular formula is C27H27NO3.